The summed E-state index contributed by atoms with van der Waals surface area (Å²) in [5.41, 5.74) is -2.63. The van der Waals surface area contributed by atoms with E-state index in [-0.39, 0.29) is 107 Å². The van der Waals surface area contributed by atoms with Gasteiger partial charge >= 0.3 is 24.4 Å². The third-order valence-corrected chi connectivity index (χ3v) is 14.8. The van der Waals surface area contributed by atoms with E-state index in [1.54, 1.807) is 104 Å². The lowest BCUT2D eigenvalue weighted by Crippen LogP contribution is -2.50. The Labute approximate surface area is 444 Å². The minimum atomic E-state index is -4.93. The van der Waals surface area contributed by atoms with Crippen molar-refractivity contribution in [2.45, 2.75) is 92.4 Å². The molecule has 1 fully saturated rings. The number of ether oxygens (including phenoxy) is 6. The molecular formula is C54H59ClF3N7O10S. The summed E-state index contributed by atoms with van der Waals surface area (Å²) in [6.45, 7) is 13.2. The summed E-state index contributed by atoms with van der Waals surface area (Å²) < 4.78 is 106. The Morgan fingerprint density at radius 1 is 0.842 bits per heavy atom. The van der Waals surface area contributed by atoms with E-state index < -0.39 is 56.1 Å². The number of alkyl halides is 3. The number of aromatic nitrogens is 4. The van der Waals surface area contributed by atoms with Crippen LogP contribution in [-0.4, -0.2) is 97.2 Å². The summed E-state index contributed by atoms with van der Waals surface area (Å²) in [5.74, 6) is 1.17. The fraction of sp³-hybridized carbons (Fsp3) is 0.407. The zero-order valence-corrected chi connectivity index (χ0v) is 45.4. The van der Waals surface area contributed by atoms with Gasteiger partial charge in [-0.1, -0.05) is 48.9 Å². The van der Waals surface area contributed by atoms with Gasteiger partial charge in [-0.3, -0.25) is 0 Å². The van der Waals surface area contributed by atoms with Crippen molar-refractivity contribution < 1.29 is 59.6 Å². The van der Waals surface area contributed by atoms with Crippen LogP contribution in [0.2, 0.25) is 5.02 Å². The molecule has 0 saturated carbocycles. The number of sulfone groups is 1. The van der Waals surface area contributed by atoms with E-state index in [0.29, 0.717) is 22.0 Å². The molecule has 0 radical (unpaired) electrons. The van der Waals surface area contributed by atoms with Crippen LogP contribution in [-0.2, 0) is 45.1 Å². The molecule has 76 heavy (non-hydrogen) atoms. The maximum Gasteiger partial charge on any atom is 0.425 e. The average Bonchev–Trinajstić information content (AvgIpc) is 3.55. The minimum Gasteiger partial charge on any atom is -0.497 e. The number of rotatable bonds is 14. The first kappa shape index (κ1) is 55.1. The second-order valence-corrected chi connectivity index (χ2v) is 23.5. The smallest absolute Gasteiger partial charge is 0.425 e. The highest BCUT2D eigenvalue weighted by Gasteiger charge is 2.46. The predicted octanol–water partition coefficient (Wildman–Crippen LogP) is 11.2. The lowest BCUT2D eigenvalue weighted by molar-refractivity contribution is -0.137. The van der Waals surface area contributed by atoms with Crippen LogP contribution in [0.3, 0.4) is 0 Å². The van der Waals surface area contributed by atoms with E-state index in [1.165, 1.54) is 25.3 Å². The minimum absolute atomic E-state index is 0.0443. The Morgan fingerprint density at radius 2 is 1.42 bits per heavy atom. The second kappa shape index (κ2) is 21.1. The molecule has 3 aromatic heterocycles. The summed E-state index contributed by atoms with van der Waals surface area (Å²) in [7, 11) is -0.184. The van der Waals surface area contributed by atoms with Crippen LogP contribution in [0.4, 0.5) is 40.2 Å². The van der Waals surface area contributed by atoms with Gasteiger partial charge in [0.05, 0.1) is 66.1 Å². The summed E-state index contributed by atoms with van der Waals surface area (Å²) in [6, 6.07) is 20.4. The zero-order valence-electron chi connectivity index (χ0n) is 43.8. The monoisotopic (exact) mass is 1090 g/mol. The van der Waals surface area contributed by atoms with Crippen molar-refractivity contribution in [3.63, 3.8) is 0 Å². The molecule has 0 unspecified atom stereocenters. The van der Waals surface area contributed by atoms with Crippen molar-refractivity contribution in [3.05, 3.63) is 112 Å². The van der Waals surface area contributed by atoms with E-state index in [4.69, 9.17) is 55.0 Å². The van der Waals surface area contributed by atoms with Gasteiger partial charge in [0.15, 0.2) is 21.4 Å². The Bertz CT molecular complexity index is 3190. The fourth-order valence-electron chi connectivity index (χ4n) is 8.97. The van der Waals surface area contributed by atoms with Gasteiger partial charge in [0.2, 0.25) is 0 Å². The number of amides is 2. The van der Waals surface area contributed by atoms with Crippen LogP contribution < -0.4 is 33.6 Å². The van der Waals surface area contributed by atoms with E-state index in [0.717, 1.165) is 11.1 Å². The van der Waals surface area contributed by atoms with Crippen LogP contribution in [0.5, 0.6) is 23.3 Å². The predicted molar refractivity (Wildman–Crippen MR) is 281 cm³/mol. The number of halogens is 4. The summed E-state index contributed by atoms with van der Waals surface area (Å²) >= 11 is 7.34. The van der Waals surface area contributed by atoms with Crippen molar-refractivity contribution in [2.75, 3.05) is 60.2 Å². The van der Waals surface area contributed by atoms with Crippen LogP contribution in [0.15, 0.2) is 79.0 Å². The number of methoxy groups -OCH3 is 2. The normalized spacial score (nSPS) is 14.9. The van der Waals surface area contributed by atoms with Crippen LogP contribution in [0.25, 0.3) is 22.2 Å². The molecule has 0 bridgehead atoms. The van der Waals surface area contributed by atoms with E-state index in [1.807, 2.05) is 29.2 Å². The molecule has 1 saturated heterocycles. The Balaban J connectivity index is 1.29. The molecule has 404 valence electrons. The lowest BCUT2D eigenvalue weighted by atomic mass is 9.96. The maximum atomic E-state index is 15.6. The number of carbonyl (C=O) groups excluding carboxylic acids is 2. The Hall–Kier alpha value is -7.13. The van der Waals surface area contributed by atoms with Crippen LogP contribution in [0, 0.1) is 12.3 Å². The maximum absolute atomic E-state index is 15.6. The van der Waals surface area contributed by atoms with Gasteiger partial charge in [0.1, 0.15) is 40.9 Å². The topological polar surface area (TPSA) is 185 Å². The molecule has 3 aromatic carbocycles. The van der Waals surface area contributed by atoms with Gasteiger partial charge in [-0.15, -0.1) is 0 Å². The third kappa shape index (κ3) is 12.6. The first-order chi connectivity index (χ1) is 35.6. The first-order valence-corrected chi connectivity index (χ1v) is 26.4. The molecule has 17 nitrogen and oxygen atoms in total. The molecule has 0 atom stereocenters. The number of benzene rings is 3. The summed E-state index contributed by atoms with van der Waals surface area (Å²) in [5, 5.41) is -0.0192. The standard InChI is InChI=1S/C54H59ClF3N7O10S/c1-32-24-40(64(26-33-13-17-36(70-9)18-14-33)27-34-15-19-37(71-10)20-16-34)61-44(42(32)54(56,57)58)38-25-39-41-45(43(38)55)72-23-22-63(47(41)62-48(60-39)73-29-53(8)30-76(68,69)31-53)28-35-12-11-21-59-46(35)65(49(66)74-51(2,3)4)50(67)75-52(5,6)7/h11-21,24-25H,22-23,26-31H2,1-10H3. The zero-order chi connectivity index (χ0) is 55.1. The quantitative estimate of drug-likeness (QED) is 0.100. The number of nitrogens with zero attached hydrogens (tertiary/aromatic N) is 7. The Kier molecular flexibility index (Phi) is 15.3. The summed E-state index contributed by atoms with van der Waals surface area (Å²) in [4.78, 5) is 50.9. The number of carbonyl (C=O) groups is 2. The van der Waals surface area contributed by atoms with Crippen LogP contribution >= 0.6 is 11.6 Å². The van der Waals surface area contributed by atoms with Gasteiger partial charge in [-0.2, -0.15) is 28.0 Å². The second-order valence-electron chi connectivity index (χ2n) is 21.0. The van der Waals surface area contributed by atoms with Crippen molar-refractivity contribution in [2.24, 2.45) is 5.41 Å². The number of pyridine rings is 2. The number of imide groups is 1. The SMILES string of the molecule is COc1ccc(CN(Cc2ccc(OC)cc2)c2cc(C)c(C(F)(F)F)c(-c3cc4nc(OCC5(C)CS(=O)(=O)C5)nc5c4c(c3Cl)OCCN5Cc3cccnc3N(C(=O)OC(C)(C)C)C(=O)OC(C)(C)C)n2)cc1. The molecule has 2 aliphatic rings. The summed E-state index contributed by atoms with van der Waals surface area (Å²) in [6.07, 6.45) is -5.62. The van der Waals surface area contributed by atoms with E-state index >= 15 is 13.2 Å². The van der Waals surface area contributed by atoms with Crippen molar-refractivity contribution >= 4 is 62.0 Å². The molecule has 0 aliphatic carbocycles. The first-order valence-electron chi connectivity index (χ1n) is 24.2. The molecule has 0 N–H and O–H groups in total. The van der Waals surface area contributed by atoms with E-state index in [2.05, 4.69) is 4.98 Å². The molecule has 2 amide bonds. The largest absolute Gasteiger partial charge is 0.497 e. The number of hydrogen-bond donors (Lipinski definition) is 0. The molecule has 22 heteroatoms. The van der Waals surface area contributed by atoms with Gasteiger partial charge < -0.3 is 38.2 Å². The van der Waals surface area contributed by atoms with Gasteiger partial charge in [-0.05, 0) is 108 Å². The fourth-order valence-corrected chi connectivity index (χ4v) is 11.5. The number of aryl methyl sites for hydroxylation is 1. The molecule has 6 aromatic rings. The highest BCUT2D eigenvalue weighted by molar-refractivity contribution is 7.92. The van der Waals surface area contributed by atoms with Gasteiger partial charge in [0.25, 0.3) is 0 Å². The molecule has 0 spiro atoms. The Morgan fingerprint density at radius 3 is 1.95 bits per heavy atom. The van der Waals surface area contributed by atoms with Crippen LogP contribution in [0.1, 0.15) is 76.3 Å². The van der Waals surface area contributed by atoms with Gasteiger partial charge in [-0.25, -0.2) is 28.0 Å². The number of hydrogen-bond acceptors (Lipinski definition) is 16. The van der Waals surface area contributed by atoms with Crippen molar-refractivity contribution in [1.29, 1.82) is 0 Å². The molecule has 8 rings (SSSR count). The molecule has 5 heterocycles. The number of anilines is 3. The van der Waals surface area contributed by atoms with Gasteiger partial charge in [0, 0.05) is 42.4 Å². The highest BCUT2D eigenvalue weighted by atomic mass is 35.5. The lowest BCUT2D eigenvalue weighted by Gasteiger charge is -2.36. The van der Waals surface area contributed by atoms with Crippen molar-refractivity contribution in [3.8, 4) is 34.5 Å². The highest BCUT2D eigenvalue weighted by Crippen LogP contribution is 2.49. The molecular weight excluding hydrogens is 1030 g/mol. The third-order valence-electron chi connectivity index (χ3n) is 12.2. The van der Waals surface area contributed by atoms with Crippen molar-refractivity contribution in [1.82, 2.24) is 19.9 Å². The molecule has 2 aliphatic heterocycles. The van der Waals surface area contributed by atoms with E-state index in [9.17, 15) is 18.0 Å². The average molecular weight is 1090 g/mol.